The molecule has 1 atom stereocenters. The van der Waals surface area contributed by atoms with Gasteiger partial charge in [0.05, 0.1) is 21.0 Å². The summed E-state index contributed by atoms with van der Waals surface area (Å²) in [6.07, 6.45) is 1.27. The lowest BCUT2D eigenvalue weighted by Crippen LogP contribution is -2.28. The van der Waals surface area contributed by atoms with E-state index in [4.69, 9.17) is 0 Å². The molecule has 0 radical (unpaired) electrons. The van der Waals surface area contributed by atoms with Gasteiger partial charge in [0.15, 0.2) is 15.0 Å². The maximum Gasteiger partial charge on any atom is 0.231 e. The SMILES string of the molecule is CS(=O)(=O)c1ccc2nc(NC(=O)C3CC(=O)N(c4cccc(Br)c4)C3)sc2c1. The van der Waals surface area contributed by atoms with Crippen molar-refractivity contribution in [1.82, 2.24) is 4.98 Å². The van der Waals surface area contributed by atoms with E-state index in [2.05, 4.69) is 26.2 Å². The second-order valence-electron chi connectivity index (χ2n) is 6.80. The molecule has 10 heteroatoms. The van der Waals surface area contributed by atoms with Gasteiger partial charge in [-0.05, 0) is 36.4 Å². The summed E-state index contributed by atoms with van der Waals surface area (Å²) in [5.74, 6) is -0.872. The molecule has 2 aromatic carbocycles. The Kier molecular flexibility index (Phi) is 5.18. The van der Waals surface area contributed by atoms with E-state index in [9.17, 15) is 18.0 Å². The van der Waals surface area contributed by atoms with Crippen molar-refractivity contribution < 1.29 is 18.0 Å². The van der Waals surface area contributed by atoms with Crippen molar-refractivity contribution in [2.75, 3.05) is 23.0 Å². The summed E-state index contributed by atoms with van der Waals surface area (Å²) >= 11 is 4.59. The smallest absolute Gasteiger partial charge is 0.231 e. The number of nitrogens with one attached hydrogen (secondary N) is 1. The summed E-state index contributed by atoms with van der Waals surface area (Å²) in [5.41, 5.74) is 1.35. The number of carbonyl (C=O) groups excluding carboxylic acids is 2. The summed E-state index contributed by atoms with van der Waals surface area (Å²) in [6.45, 7) is 0.296. The Morgan fingerprint density at radius 3 is 2.79 bits per heavy atom. The second-order valence-corrected chi connectivity index (χ2v) is 10.8. The van der Waals surface area contributed by atoms with Gasteiger partial charge in [-0.3, -0.25) is 9.59 Å². The Labute approximate surface area is 179 Å². The van der Waals surface area contributed by atoms with E-state index >= 15 is 0 Å². The van der Waals surface area contributed by atoms with Crippen LogP contribution < -0.4 is 10.2 Å². The topological polar surface area (TPSA) is 96.4 Å². The molecule has 3 aromatic rings. The molecule has 0 bridgehead atoms. The lowest BCUT2D eigenvalue weighted by molar-refractivity contribution is -0.122. The molecule has 2 heterocycles. The number of amides is 2. The van der Waals surface area contributed by atoms with E-state index in [0.29, 0.717) is 21.9 Å². The minimum absolute atomic E-state index is 0.106. The molecule has 1 aliphatic rings. The van der Waals surface area contributed by atoms with Crippen molar-refractivity contribution in [3.63, 3.8) is 0 Å². The van der Waals surface area contributed by atoms with Gasteiger partial charge in [0.25, 0.3) is 0 Å². The molecule has 1 N–H and O–H groups in total. The van der Waals surface area contributed by atoms with Crippen LogP contribution in [0.1, 0.15) is 6.42 Å². The van der Waals surface area contributed by atoms with Crippen molar-refractivity contribution in [2.45, 2.75) is 11.3 Å². The van der Waals surface area contributed by atoms with Gasteiger partial charge >= 0.3 is 0 Å². The largest absolute Gasteiger partial charge is 0.312 e. The summed E-state index contributed by atoms with van der Waals surface area (Å²) in [6, 6.07) is 12.0. The quantitative estimate of drug-likeness (QED) is 0.600. The van der Waals surface area contributed by atoms with Crippen LogP contribution >= 0.6 is 27.3 Å². The van der Waals surface area contributed by atoms with Crippen LogP contribution in [0.2, 0.25) is 0 Å². The lowest BCUT2D eigenvalue weighted by Gasteiger charge is -2.16. The van der Waals surface area contributed by atoms with Crippen molar-refractivity contribution in [1.29, 1.82) is 0 Å². The van der Waals surface area contributed by atoms with Gasteiger partial charge < -0.3 is 10.2 Å². The zero-order valence-corrected chi connectivity index (χ0v) is 18.5. The average molecular weight is 494 g/mol. The molecule has 29 heavy (non-hydrogen) atoms. The van der Waals surface area contributed by atoms with E-state index in [1.807, 2.05) is 24.3 Å². The van der Waals surface area contributed by atoms with Gasteiger partial charge in [0.2, 0.25) is 11.8 Å². The molecule has 1 aromatic heterocycles. The Hall–Kier alpha value is -2.30. The first kappa shape index (κ1) is 20.0. The van der Waals surface area contributed by atoms with Crippen LogP contribution in [0.5, 0.6) is 0 Å². The third-order valence-electron chi connectivity index (χ3n) is 4.63. The number of thiazole rings is 1. The third-order valence-corrected chi connectivity index (χ3v) is 7.17. The van der Waals surface area contributed by atoms with Crippen LogP contribution in [0.3, 0.4) is 0 Å². The number of nitrogens with zero attached hydrogens (tertiary/aromatic N) is 2. The van der Waals surface area contributed by atoms with E-state index in [0.717, 1.165) is 16.4 Å². The van der Waals surface area contributed by atoms with Crippen molar-refractivity contribution in [3.05, 3.63) is 46.9 Å². The highest BCUT2D eigenvalue weighted by molar-refractivity contribution is 9.10. The van der Waals surface area contributed by atoms with Gasteiger partial charge in [-0.25, -0.2) is 13.4 Å². The number of sulfone groups is 1. The van der Waals surface area contributed by atoms with Crippen LogP contribution in [0.15, 0.2) is 51.8 Å². The van der Waals surface area contributed by atoms with Gasteiger partial charge in [-0.2, -0.15) is 0 Å². The third kappa shape index (κ3) is 4.19. The molecule has 4 rings (SSSR count). The average Bonchev–Trinajstić information content (AvgIpc) is 3.23. The first-order chi connectivity index (χ1) is 13.7. The molecule has 1 unspecified atom stereocenters. The molecule has 1 aliphatic heterocycles. The number of carbonyl (C=O) groups is 2. The first-order valence-electron chi connectivity index (χ1n) is 8.68. The number of aromatic nitrogens is 1. The Morgan fingerprint density at radius 1 is 1.28 bits per heavy atom. The molecule has 0 aliphatic carbocycles. The van der Waals surface area contributed by atoms with E-state index < -0.39 is 15.8 Å². The number of rotatable bonds is 4. The van der Waals surface area contributed by atoms with Crippen LogP contribution in [0, 0.1) is 5.92 Å². The standard InChI is InChI=1S/C19H16BrN3O4S2/c1-29(26,27)14-5-6-15-16(9-14)28-19(21-15)22-18(25)11-7-17(24)23(10-11)13-4-2-3-12(20)8-13/h2-6,8-9,11H,7,10H2,1H3,(H,21,22,25). The number of halogens is 1. The highest BCUT2D eigenvalue weighted by atomic mass is 79.9. The fraction of sp³-hybridized carbons (Fsp3) is 0.211. The van der Waals surface area contributed by atoms with Crippen LogP contribution in [-0.4, -0.2) is 38.0 Å². The monoisotopic (exact) mass is 493 g/mol. The maximum atomic E-state index is 12.7. The summed E-state index contributed by atoms with van der Waals surface area (Å²) < 4.78 is 24.9. The van der Waals surface area contributed by atoms with Crippen LogP contribution in [-0.2, 0) is 19.4 Å². The molecule has 0 spiro atoms. The van der Waals surface area contributed by atoms with Crippen molar-refractivity contribution in [2.24, 2.45) is 5.92 Å². The maximum absolute atomic E-state index is 12.7. The first-order valence-corrected chi connectivity index (χ1v) is 12.2. The van der Waals surface area contributed by atoms with Crippen molar-refractivity contribution in [3.8, 4) is 0 Å². The predicted octanol–water partition coefficient (Wildman–Crippen LogP) is 3.45. The van der Waals surface area contributed by atoms with E-state index in [-0.39, 0.29) is 23.1 Å². The van der Waals surface area contributed by atoms with Gasteiger partial charge in [-0.1, -0.05) is 33.3 Å². The van der Waals surface area contributed by atoms with Crippen LogP contribution in [0.4, 0.5) is 10.8 Å². The molecule has 7 nitrogen and oxygen atoms in total. The van der Waals surface area contributed by atoms with Gasteiger partial charge in [0, 0.05) is 29.4 Å². The zero-order valence-electron chi connectivity index (χ0n) is 15.3. The highest BCUT2D eigenvalue weighted by Gasteiger charge is 2.35. The van der Waals surface area contributed by atoms with E-state index in [1.165, 1.54) is 17.4 Å². The normalized spacial score (nSPS) is 17.1. The minimum atomic E-state index is -3.32. The molecular weight excluding hydrogens is 478 g/mol. The Balaban J connectivity index is 1.50. The highest BCUT2D eigenvalue weighted by Crippen LogP contribution is 2.31. The fourth-order valence-electron chi connectivity index (χ4n) is 3.17. The lowest BCUT2D eigenvalue weighted by atomic mass is 10.1. The predicted molar refractivity (Wildman–Crippen MR) is 116 cm³/mol. The number of benzene rings is 2. The molecule has 0 saturated carbocycles. The second kappa shape index (κ2) is 7.51. The number of hydrogen-bond acceptors (Lipinski definition) is 6. The molecule has 1 saturated heterocycles. The van der Waals surface area contributed by atoms with Gasteiger partial charge in [-0.15, -0.1) is 0 Å². The Bertz CT molecular complexity index is 1240. The van der Waals surface area contributed by atoms with Crippen molar-refractivity contribution >= 4 is 70.0 Å². The summed E-state index contributed by atoms with van der Waals surface area (Å²) in [7, 11) is -3.32. The van der Waals surface area contributed by atoms with E-state index in [1.54, 1.807) is 17.0 Å². The minimum Gasteiger partial charge on any atom is -0.312 e. The molecular formula is C19H16BrN3O4S2. The summed E-state index contributed by atoms with van der Waals surface area (Å²) in [5, 5.41) is 3.15. The number of anilines is 2. The molecule has 1 fully saturated rings. The van der Waals surface area contributed by atoms with Crippen LogP contribution in [0.25, 0.3) is 10.2 Å². The Morgan fingerprint density at radius 2 is 2.07 bits per heavy atom. The molecule has 150 valence electrons. The van der Waals surface area contributed by atoms with Gasteiger partial charge in [0.1, 0.15) is 0 Å². The summed E-state index contributed by atoms with van der Waals surface area (Å²) in [4.78, 5) is 31.2. The number of fused-ring (bicyclic) bond motifs is 1. The fourth-order valence-corrected chi connectivity index (χ4v) is 5.19. The zero-order chi connectivity index (χ0) is 20.8. The number of hydrogen-bond donors (Lipinski definition) is 1. The molecule has 2 amide bonds.